The molecule has 1 aromatic carbocycles. The lowest BCUT2D eigenvalue weighted by atomic mass is 9.94. The van der Waals surface area contributed by atoms with Gasteiger partial charge in [-0.15, -0.1) is 0 Å². The van der Waals surface area contributed by atoms with Crippen molar-refractivity contribution in [2.75, 3.05) is 24.5 Å². The van der Waals surface area contributed by atoms with Crippen LogP contribution in [-0.4, -0.2) is 19.6 Å². The second-order valence-corrected chi connectivity index (χ2v) is 4.31. The van der Waals surface area contributed by atoms with E-state index >= 15 is 0 Å². The van der Waals surface area contributed by atoms with Crippen LogP contribution in [0.5, 0.6) is 0 Å². The molecule has 15 heavy (non-hydrogen) atoms. The Morgan fingerprint density at radius 2 is 2.27 bits per heavy atom. The lowest BCUT2D eigenvalue weighted by molar-refractivity contribution is 0.764. The predicted octanol–water partition coefficient (Wildman–Crippen LogP) is 2.13. The summed E-state index contributed by atoms with van der Waals surface area (Å²) in [4.78, 5) is 2.45. The van der Waals surface area contributed by atoms with Crippen LogP contribution in [0.3, 0.4) is 0 Å². The molecule has 1 unspecified atom stereocenters. The average molecular weight is 204 g/mol. The molecule has 1 heterocycles. The minimum absolute atomic E-state index is 0.483. The van der Waals surface area contributed by atoms with Crippen LogP contribution in [0.15, 0.2) is 18.2 Å². The van der Waals surface area contributed by atoms with Crippen LogP contribution < -0.4 is 10.6 Å². The fourth-order valence-electron chi connectivity index (χ4n) is 2.45. The first-order valence-corrected chi connectivity index (χ1v) is 5.84. The lowest BCUT2D eigenvalue weighted by Gasteiger charge is -2.18. The van der Waals surface area contributed by atoms with Gasteiger partial charge in [0.25, 0.3) is 0 Å². The van der Waals surface area contributed by atoms with E-state index in [2.05, 4.69) is 36.9 Å². The quantitative estimate of drug-likeness (QED) is 0.817. The maximum absolute atomic E-state index is 5.75. The molecule has 1 aliphatic heterocycles. The van der Waals surface area contributed by atoms with Gasteiger partial charge in [-0.3, -0.25) is 0 Å². The van der Waals surface area contributed by atoms with E-state index in [0.717, 1.165) is 13.1 Å². The Hall–Kier alpha value is -1.02. The van der Waals surface area contributed by atoms with Gasteiger partial charge in [0.05, 0.1) is 0 Å². The molecule has 0 bridgehead atoms. The smallest absolute Gasteiger partial charge is 0.0402 e. The summed E-state index contributed by atoms with van der Waals surface area (Å²) in [5.41, 5.74) is 10.2. The van der Waals surface area contributed by atoms with E-state index in [1.165, 1.54) is 29.8 Å². The number of anilines is 1. The zero-order valence-electron chi connectivity index (χ0n) is 9.66. The molecule has 0 saturated heterocycles. The number of hydrogen-bond acceptors (Lipinski definition) is 2. The van der Waals surface area contributed by atoms with E-state index in [0.29, 0.717) is 5.92 Å². The molecule has 2 N–H and O–H groups in total. The molecular formula is C13H20N2. The highest BCUT2D eigenvalue weighted by Crippen LogP contribution is 2.33. The standard InChI is InChI=1S/C13H20N2/c1-3-15-8-7-12-11(10(2)9-14)5-4-6-13(12)15/h4-6,10H,3,7-9,14H2,1-2H3. The molecule has 1 aromatic rings. The minimum atomic E-state index is 0.483. The van der Waals surface area contributed by atoms with Crippen LogP contribution in [0.25, 0.3) is 0 Å². The SMILES string of the molecule is CCN1CCc2c(C(C)CN)cccc21. The van der Waals surface area contributed by atoms with Gasteiger partial charge in [-0.05, 0) is 43.0 Å². The third-order valence-electron chi connectivity index (χ3n) is 3.43. The molecule has 82 valence electrons. The number of benzene rings is 1. The zero-order chi connectivity index (χ0) is 10.8. The molecule has 0 aromatic heterocycles. The minimum Gasteiger partial charge on any atom is -0.371 e. The molecule has 0 aliphatic carbocycles. The van der Waals surface area contributed by atoms with Gasteiger partial charge in [0.15, 0.2) is 0 Å². The predicted molar refractivity (Wildman–Crippen MR) is 65.5 cm³/mol. The van der Waals surface area contributed by atoms with Crippen molar-refractivity contribution in [3.8, 4) is 0 Å². The summed E-state index contributed by atoms with van der Waals surface area (Å²) in [5.74, 6) is 0.483. The molecule has 1 atom stereocenters. The van der Waals surface area contributed by atoms with Crippen LogP contribution in [0.2, 0.25) is 0 Å². The van der Waals surface area contributed by atoms with Gasteiger partial charge in [-0.1, -0.05) is 19.1 Å². The highest BCUT2D eigenvalue weighted by molar-refractivity contribution is 5.61. The van der Waals surface area contributed by atoms with E-state index in [4.69, 9.17) is 5.73 Å². The first-order chi connectivity index (χ1) is 7.27. The molecule has 0 fully saturated rings. The molecule has 0 radical (unpaired) electrons. The Bertz CT molecular complexity index is 346. The second kappa shape index (κ2) is 4.23. The first-order valence-electron chi connectivity index (χ1n) is 5.84. The zero-order valence-corrected chi connectivity index (χ0v) is 9.66. The number of likely N-dealkylation sites (N-methyl/N-ethyl adjacent to an activating group) is 1. The molecule has 0 spiro atoms. The Morgan fingerprint density at radius 3 is 2.93 bits per heavy atom. The van der Waals surface area contributed by atoms with E-state index in [1.54, 1.807) is 0 Å². The van der Waals surface area contributed by atoms with Crippen molar-refractivity contribution in [2.45, 2.75) is 26.2 Å². The molecule has 2 nitrogen and oxygen atoms in total. The molecule has 2 rings (SSSR count). The summed E-state index contributed by atoms with van der Waals surface area (Å²) in [6, 6.07) is 6.63. The largest absolute Gasteiger partial charge is 0.371 e. The number of fused-ring (bicyclic) bond motifs is 1. The van der Waals surface area contributed by atoms with Crippen molar-refractivity contribution >= 4 is 5.69 Å². The number of nitrogens with two attached hydrogens (primary N) is 1. The Morgan fingerprint density at radius 1 is 1.47 bits per heavy atom. The van der Waals surface area contributed by atoms with Gasteiger partial charge in [0.2, 0.25) is 0 Å². The second-order valence-electron chi connectivity index (χ2n) is 4.31. The third kappa shape index (κ3) is 1.74. The highest BCUT2D eigenvalue weighted by atomic mass is 15.1. The fraction of sp³-hybridized carbons (Fsp3) is 0.538. The summed E-state index contributed by atoms with van der Waals surface area (Å²) in [6.07, 6.45) is 1.18. The molecule has 0 saturated carbocycles. The fourth-order valence-corrected chi connectivity index (χ4v) is 2.45. The number of rotatable bonds is 3. The van der Waals surface area contributed by atoms with Crippen LogP contribution >= 0.6 is 0 Å². The van der Waals surface area contributed by atoms with Crippen molar-refractivity contribution in [2.24, 2.45) is 5.73 Å². The molecule has 2 heteroatoms. The monoisotopic (exact) mass is 204 g/mol. The molecular weight excluding hydrogens is 184 g/mol. The van der Waals surface area contributed by atoms with Crippen LogP contribution in [0.1, 0.15) is 30.9 Å². The van der Waals surface area contributed by atoms with Crippen LogP contribution in [0.4, 0.5) is 5.69 Å². The number of hydrogen-bond donors (Lipinski definition) is 1. The third-order valence-corrected chi connectivity index (χ3v) is 3.43. The van der Waals surface area contributed by atoms with Gasteiger partial charge in [-0.25, -0.2) is 0 Å². The first kappa shape index (κ1) is 10.5. The maximum Gasteiger partial charge on any atom is 0.0402 e. The average Bonchev–Trinajstić information content (AvgIpc) is 2.70. The molecule has 1 aliphatic rings. The summed E-state index contributed by atoms with van der Waals surface area (Å²) in [6.45, 7) is 7.44. The van der Waals surface area contributed by atoms with Crippen molar-refractivity contribution in [3.05, 3.63) is 29.3 Å². The van der Waals surface area contributed by atoms with Crippen molar-refractivity contribution < 1.29 is 0 Å². The van der Waals surface area contributed by atoms with E-state index < -0.39 is 0 Å². The van der Waals surface area contributed by atoms with Crippen LogP contribution in [0, 0.1) is 0 Å². The highest BCUT2D eigenvalue weighted by Gasteiger charge is 2.21. The molecule has 0 amide bonds. The van der Waals surface area contributed by atoms with Gasteiger partial charge in [0, 0.05) is 18.8 Å². The lowest BCUT2D eigenvalue weighted by Crippen LogP contribution is -2.19. The van der Waals surface area contributed by atoms with Crippen molar-refractivity contribution in [3.63, 3.8) is 0 Å². The van der Waals surface area contributed by atoms with E-state index in [9.17, 15) is 0 Å². The van der Waals surface area contributed by atoms with Crippen molar-refractivity contribution in [1.29, 1.82) is 0 Å². The maximum atomic E-state index is 5.75. The van der Waals surface area contributed by atoms with Gasteiger partial charge < -0.3 is 10.6 Å². The van der Waals surface area contributed by atoms with Crippen molar-refractivity contribution in [1.82, 2.24) is 0 Å². The van der Waals surface area contributed by atoms with Gasteiger partial charge in [0.1, 0.15) is 0 Å². The van der Waals surface area contributed by atoms with E-state index in [-0.39, 0.29) is 0 Å². The Balaban J connectivity index is 2.39. The van der Waals surface area contributed by atoms with Gasteiger partial charge >= 0.3 is 0 Å². The van der Waals surface area contributed by atoms with Crippen LogP contribution in [-0.2, 0) is 6.42 Å². The Labute approximate surface area is 92.1 Å². The van der Waals surface area contributed by atoms with Gasteiger partial charge in [-0.2, -0.15) is 0 Å². The number of nitrogens with zero attached hydrogens (tertiary/aromatic N) is 1. The summed E-state index contributed by atoms with van der Waals surface area (Å²) in [5, 5.41) is 0. The summed E-state index contributed by atoms with van der Waals surface area (Å²) in [7, 11) is 0. The Kier molecular flexibility index (Phi) is 2.96. The summed E-state index contributed by atoms with van der Waals surface area (Å²) < 4.78 is 0. The summed E-state index contributed by atoms with van der Waals surface area (Å²) >= 11 is 0. The normalized spacial score (nSPS) is 16.6. The topological polar surface area (TPSA) is 29.3 Å². The van der Waals surface area contributed by atoms with E-state index in [1.807, 2.05) is 0 Å².